The number of allylic oxidation sites excluding steroid dienone is 1. The van der Waals surface area contributed by atoms with Crippen molar-refractivity contribution in [1.29, 1.82) is 0 Å². The Morgan fingerprint density at radius 3 is 2.77 bits per heavy atom. The molecule has 0 bridgehead atoms. The molecule has 0 aromatic carbocycles. The summed E-state index contributed by atoms with van der Waals surface area (Å²) in [5.74, 6) is 0. The minimum atomic E-state index is 0. The molecule has 3 heteroatoms. The summed E-state index contributed by atoms with van der Waals surface area (Å²) in [6.45, 7) is 11.2. The third-order valence-electron chi connectivity index (χ3n) is 2.37. The van der Waals surface area contributed by atoms with E-state index in [1.807, 2.05) is 0 Å². The standard InChI is InChI=1S/C10H20N2.ClH/c1-9(2)4-6-12-7-5-11-8-10(12)3;/h4,10-11H,5-8H2,1-3H3;1H/t10-;/m1./s1. The molecule has 0 spiro atoms. The lowest BCUT2D eigenvalue weighted by atomic mass is 10.2. The molecule has 0 aliphatic carbocycles. The molecule has 78 valence electrons. The Labute approximate surface area is 87.8 Å². The maximum absolute atomic E-state index is 3.39. The largest absolute Gasteiger partial charge is 0.314 e. The highest BCUT2D eigenvalue weighted by Crippen LogP contribution is 2.02. The van der Waals surface area contributed by atoms with E-state index in [9.17, 15) is 0 Å². The maximum Gasteiger partial charge on any atom is 0.0196 e. The Kier molecular flexibility index (Phi) is 6.39. The highest BCUT2D eigenvalue weighted by Gasteiger charge is 2.15. The maximum atomic E-state index is 3.39. The van der Waals surface area contributed by atoms with Crippen LogP contribution in [-0.4, -0.2) is 37.1 Å². The first kappa shape index (κ1) is 12.9. The van der Waals surface area contributed by atoms with Gasteiger partial charge in [-0.05, 0) is 20.8 Å². The van der Waals surface area contributed by atoms with Gasteiger partial charge < -0.3 is 5.32 Å². The van der Waals surface area contributed by atoms with E-state index in [2.05, 4.69) is 37.1 Å². The summed E-state index contributed by atoms with van der Waals surface area (Å²) in [4.78, 5) is 2.52. The summed E-state index contributed by atoms with van der Waals surface area (Å²) < 4.78 is 0. The molecule has 0 aromatic heterocycles. The van der Waals surface area contributed by atoms with Crippen molar-refractivity contribution in [2.24, 2.45) is 0 Å². The zero-order valence-electron chi connectivity index (χ0n) is 8.84. The fourth-order valence-corrected chi connectivity index (χ4v) is 1.45. The van der Waals surface area contributed by atoms with Gasteiger partial charge in [0.1, 0.15) is 0 Å². The minimum Gasteiger partial charge on any atom is -0.314 e. The molecule has 1 aliphatic heterocycles. The van der Waals surface area contributed by atoms with Crippen LogP contribution in [0.25, 0.3) is 0 Å². The van der Waals surface area contributed by atoms with E-state index >= 15 is 0 Å². The van der Waals surface area contributed by atoms with Crippen LogP contribution in [0.4, 0.5) is 0 Å². The molecule has 1 saturated heterocycles. The molecule has 0 saturated carbocycles. The highest BCUT2D eigenvalue weighted by atomic mass is 35.5. The highest BCUT2D eigenvalue weighted by molar-refractivity contribution is 5.85. The Balaban J connectivity index is 0.00000144. The summed E-state index contributed by atoms with van der Waals surface area (Å²) in [6.07, 6.45) is 2.31. The van der Waals surface area contributed by atoms with Gasteiger partial charge in [0.2, 0.25) is 0 Å². The van der Waals surface area contributed by atoms with Gasteiger partial charge in [-0.3, -0.25) is 4.90 Å². The zero-order chi connectivity index (χ0) is 8.97. The molecule has 1 rings (SSSR count). The lowest BCUT2D eigenvalue weighted by Crippen LogP contribution is -2.49. The second-order valence-corrected chi connectivity index (χ2v) is 3.83. The van der Waals surface area contributed by atoms with Crippen LogP contribution in [0.5, 0.6) is 0 Å². The lowest BCUT2D eigenvalue weighted by molar-refractivity contribution is 0.192. The van der Waals surface area contributed by atoms with Crippen LogP contribution in [-0.2, 0) is 0 Å². The smallest absolute Gasteiger partial charge is 0.0196 e. The van der Waals surface area contributed by atoms with Crippen molar-refractivity contribution in [1.82, 2.24) is 10.2 Å². The number of nitrogens with zero attached hydrogens (tertiary/aromatic N) is 1. The van der Waals surface area contributed by atoms with Crippen LogP contribution >= 0.6 is 12.4 Å². The van der Waals surface area contributed by atoms with E-state index in [4.69, 9.17) is 0 Å². The first-order valence-electron chi connectivity index (χ1n) is 4.78. The topological polar surface area (TPSA) is 15.3 Å². The molecular weight excluding hydrogens is 184 g/mol. The summed E-state index contributed by atoms with van der Waals surface area (Å²) >= 11 is 0. The van der Waals surface area contributed by atoms with E-state index in [1.165, 1.54) is 12.1 Å². The first-order chi connectivity index (χ1) is 5.70. The van der Waals surface area contributed by atoms with Gasteiger partial charge in [0.25, 0.3) is 0 Å². The Hall–Kier alpha value is -0.0500. The van der Waals surface area contributed by atoms with Gasteiger partial charge in [-0.2, -0.15) is 0 Å². The van der Waals surface area contributed by atoms with Crippen molar-refractivity contribution in [3.63, 3.8) is 0 Å². The molecular formula is C10H21ClN2. The molecule has 0 amide bonds. The summed E-state index contributed by atoms with van der Waals surface area (Å²) in [7, 11) is 0. The minimum absolute atomic E-state index is 0. The van der Waals surface area contributed by atoms with Gasteiger partial charge >= 0.3 is 0 Å². The zero-order valence-corrected chi connectivity index (χ0v) is 9.66. The Bertz CT molecular complexity index is 164. The number of nitrogens with one attached hydrogen (secondary N) is 1. The van der Waals surface area contributed by atoms with Gasteiger partial charge in [-0.15, -0.1) is 12.4 Å². The van der Waals surface area contributed by atoms with Gasteiger partial charge in [-0.1, -0.05) is 11.6 Å². The average Bonchev–Trinajstić information content (AvgIpc) is 2.03. The van der Waals surface area contributed by atoms with Crippen LogP contribution in [0.3, 0.4) is 0 Å². The van der Waals surface area contributed by atoms with E-state index in [0.29, 0.717) is 6.04 Å². The quantitative estimate of drug-likeness (QED) is 0.689. The SMILES string of the molecule is CC(C)=CCN1CCNC[C@H]1C.Cl. The van der Waals surface area contributed by atoms with Crippen LogP contribution in [0.1, 0.15) is 20.8 Å². The van der Waals surface area contributed by atoms with Gasteiger partial charge in [0.05, 0.1) is 0 Å². The first-order valence-corrected chi connectivity index (χ1v) is 4.78. The number of hydrogen-bond acceptors (Lipinski definition) is 2. The molecule has 0 unspecified atom stereocenters. The fourth-order valence-electron chi connectivity index (χ4n) is 1.45. The van der Waals surface area contributed by atoms with Crippen molar-refractivity contribution < 1.29 is 0 Å². The third kappa shape index (κ3) is 4.65. The van der Waals surface area contributed by atoms with Crippen molar-refractivity contribution in [2.75, 3.05) is 26.2 Å². The van der Waals surface area contributed by atoms with Crippen LogP contribution in [0.15, 0.2) is 11.6 Å². The van der Waals surface area contributed by atoms with E-state index in [-0.39, 0.29) is 12.4 Å². The van der Waals surface area contributed by atoms with Crippen molar-refractivity contribution in [3.05, 3.63) is 11.6 Å². The molecule has 1 aliphatic rings. The molecule has 1 atom stereocenters. The van der Waals surface area contributed by atoms with Crippen LogP contribution in [0, 0.1) is 0 Å². The normalized spacial score (nSPS) is 23.5. The monoisotopic (exact) mass is 204 g/mol. The average molecular weight is 205 g/mol. The second-order valence-electron chi connectivity index (χ2n) is 3.83. The van der Waals surface area contributed by atoms with Gasteiger partial charge in [0, 0.05) is 32.2 Å². The van der Waals surface area contributed by atoms with Crippen LogP contribution < -0.4 is 5.32 Å². The number of piperazine rings is 1. The predicted molar refractivity (Wildman–Crippen MR) is 60.6 cm³/mol. The van der Waals surface area contributed by atoms with E-state index < -0.39 is 0 Å². The molecule has 0 aromatic rings. The van der Waals surface area contributed by atoms with E-state index in [1.54, 1.807) is 0 Å². The fraction of sp³-hybridized carbons (Fsp3) is 0.800. The summed E-state index contributed by atoms with van der Waals surface area (Å²) in [5.41, 5.74) is 1.42. The lowest BCUT2D eigenvalue weighted by Gasteiger charge is -2.33. The molecule has 13 heavy (non-hydrogen) atoms. The van der Waals surface area contributed by atoms with Gasteiger partial charge in [0.15, 0.2) is 0 Å². The molecule has 0 radical (unpaired) electrons. The Morgan fingerprint density at radius 1 is 1.54 bits per heavy atom. The summed E-state index contributed by atoms with van der Waals surface area (Å²) in [6, 6.07) is 0.689. The Morgan fingerprint density at radius 2 is 2.23 bits per heavy atom. The number of rotatable bonds is 2. The van der Waals surface area contributed by atoms with Crippen LogP contribution in [0.2, 0.25) is 0 Å². The van der Waals surface area contributed by atoms with Crippen molar-refractivity contribution in [3.8, 4) is 0 Å². The molecule has 1 fully saturated rings. The van der Waals surface area contributed by atoms with Crippen molar-refractivity contribution >= 4 is 12.4 Å². The predicted octanol–water partition coefficient (Wildman–Crippen LogP) is 1.67. The number of hydrogen-bond donors (Lipinski definition) is 1. The number of halogens is 1. The van der Waals surface area contributed by atoms with Crippen molar-refractivity contribution in [2.45, 2.75) is 26.8 Å². The van der Waals surface area contributed by atoms with E-state index in [0.717, 1.165) is 19.6 Å². The molecule has 1 N–H and O–H groups in total. The molecule has 2 nitrogen and oxygen atoms in total. The summed E-state index contributed by atoms with van der Waals surface area (Å²) in [5, 5.41) is 3.39. The third-order valence-corrected chi connectivity index (χ3v) is 2.37. The second kappa shape index (κ2) is 6.41. The van der Waals surface area contributed by atoms with Gasteiger partial charge in [-0.25, -0.2) is 0 Å². The molecule has 1 heterocycles.